The van der Waals surface area contributed by atoms with Crippen LogP contribution in [0.5, 0.6) is 0 Å². The van der Waals surface area contributed by atoms with Gasteiger partial charge in [0, 0.05) is 4.88 Å². The van der Waals surface area contributed by atoms with E-state index in [0.717, 1.165) is 10.6 Å². The number of thiophene rings is 1. The average Bonchev–Trinajstić information content (AvgIpc) is 3.37. The van der Waals surface area contributed by atoms with E-state index < -0.39 is 29.3 Å². The highest BCUT2D eigenvalue weighted by Crippen LogP contribution is 2.43. The third-order valence-corrected chi connectivity index (χ3v) is 6.55. The van der Waals surface area contributed by atoms with Gasteiger partial charge in [-0.1, -0.05) is 18.2 Å². The highest BCUT2D eigenvalue weighted by atomic mass is 32.1. The first-order valence-corrected chi connectivity index (χ1v) is 10.1. The van der Waals surface area contributed by atoms with Gasteiger partial charge in [0.05, 0.1) is 22.2 Å². The van der Waals surface area contributed by atoms with Gasteiger partial charge < -0.3 is 5.11 Å². The van der Waals surface area contributed by atoms with E-state index >= 15 is 0 Å². The summed E-state index contributed by atoms with van der Waals surface area (Å²) in [5.41, 5.74) is 1.26. The molecule has 0 saturated carbocycles. The quantitative estimate of drug-likeness (QED) is 0.626. The van der Waals surface area contributed by atoms with Gasteiger partial charge in [0.1, 0.15) is 5.82 Å². The van der Waals surface area contributed by atoms with Crippen LogP contribution in [0.15, 0.2) is 53.1 Å². The largest absolute Gasteiger partial charge is 0.503 e. The van der Waals surface area contributed by atoms with Crippen molar-refractivity contribution in [3.8, 4) is 0 Å². The molecular weight excluding hydrogens is 399 g/mol. The van der Waals surface area contributed by atoms with Crippen molar-refractivity contribution in [2.24, 2.45) is 0 Å². The Morgan fingerprint density at radius 2 is 1.93 bits per heavy atom. The highest BCUT2D eigenvalue weighted by Gasteiger charge is 2.46. The van der Waals surface area contributed by atoms with Gasteiger partial charge in [-0.2, -0.15) is 0 Å². The van der Waals surface area contributed by atoms with E-state index in [9.17, 15) is 19.1 Å². The maximum atomic E-state index is 13.5. The summed E-state index contributed by atoms with van der Waals surface area (Å²) in [7, 11) is 0. The molecule has 1 aromatic carbocycles. The number of halogens is 1. The van der Waals surface area contributed by atoms with Crippen LogP contribution in [0.2, 0.25) is 0 Å². The number of anilines is 1. The number of aromatic nitrogens is 1. The van der Waals surface area contributed by atoms with Crippen LogP contribution in [0.3, 0.4) is 0 Å². The lowest BCUT2D eigenvalue weighted by atomic mass is 9.95. The zero-order valence-electron chi connectivity index (χ0n) is 15.0. The predicted molar refractivity (Wildman–Crippen MR) is 107 cm³/mol. The molecule has 1 atom stereocenters. The molecule has 0 radical (unpaired) electrons. The van der Waals surface area contributed by atoms with Gasteiger partial charge in [-0.3, -0.25) is 14.5 Å². The van der Waals surface area contributed by atoms with Gasteiger partial charge in [-0.05, 0) is 43.0 Å². The van der Waals surface area contributed by atoms with Gasteiger partial charge >= 0.3 is 0 Å². The molecule has 1 N–H and O–H groups in total. The third kappa shape index (κ3) is 2.94. The lowest BCUT2D eigenvalue weighted by Crippen LogP contribution is -2.31. The number of ketones is 1. The summed E-state index contributed by atoms with van der Waals surface area (Å²) in [6, 6.07) is 8.02. The van der Waals surface area contributed by atoms with Crippen molar-refractivity contribution in [2.45, 2.75) is 19.9 Å². The number of nitrogens with zero attached hydrogens (tertiary/aromatic N) is 2. The predicted octanol–water partition coefficient (Wildman–Crippen LogP) is 4.74. The number of aliphatic hydroxyl groups excluding tert-OH is 1. The maximum absolute atomic E-state index is 13.5. The minimum atomic E-state index is -0.882. The molecule has 1 aliphatic heterocycles. The van der Waals surface area contributed by atoms with E-state index in [1.165, 1.54) is 51.8 Å². The smallest absolute Gasteiger partial charge is 0.296 e. The molecule has 2 aromatic heterocycles. The number of hydrogen-bond acceptors (Lipinski definition) is 6. The zero-order valence-corrected chi connectivity index (χ0v) is 16.6. The number of amides is 1. The molecular formula is C20H15FN2O3S2. The van der Waals surface area contributed by atoms with Crippen LogP contribution < -0.4 is 4.90 Å². The minimum Gasteiger partial charge on any atom is -0.503 e. The fourth-order valence-electron chi connectivity index (χ4n) is 3.09. The Labute approximate surface area is 168 Å². The second kappa shape index (κ2) is 6.96. The first-order chi connectivity index (χ1) is 13.4. The monoisotopic (exact) mass is 414 g/mol. The molecule has 4 rings (SSSR count). The number of Topliss-reactive ketones (excluding diaryl/α,β-unsaturated/α-hetero) is 1. The summed E-state index contributed by atoms with van der Waals surface area (Å²) in [6.45, 7) is 3.71. The Balaban J connectivity index is 1.89. The number of aryl methyl sites for hydroxylation is 2. The standard InChI is InChI=1S/C20H15FN2O3S2/c1-10-11(2)28-20(22-10)23-16(12-5-7-13(21)8-6-12)15(18(25)19(23)26)17(24)14-4-3-9-27-14/h3-9,16,25H,1-2H3. The molecule has 142 valence electrons. The van der Waals surface area contributed by atoms with Crippen molar-refractivity contribution in [1.82, 2.24) is 4.98 Å². The first-order valence-electron chi connectivity index (χ1n) is 8.43. The second-order valence-electron chi connectivity index (χ2n) is 6.34. The van der Waals surface area contributed by atoms with Crippen LogP contribution in [0.4, 0.5) is 9.52 Å². The first kappa shape index (κ1) is 18.5. The molecule has 0 spiro atoms. The lowest BCUT2D eigenvalue weighted by Gasteiger charge is -2.24. The van der Waals surface area contributed by atoms with Crippen LogP contribution in [-0.4, -0.2) is 21.8 Å². The zero-order chi connectivity index (χ0) is 20.0. The third-order valence-electron chi connectivity index (χ3n) is 4.61. The number of hydrogen-bond donors (Lipinski definition) is 1. The number of carbonyl (C=O) groups excluding carboxylic acids is 2. The lowest BCUT2D eigenvalue weighted by molar-refractivity contribution is -0.117. The Bertz CT molecular complexity index is 1080. The molecule has 3 heterocycles. The van der Waals surface area contributed by atoms with Crippen molar-refractivity contribution in [3.05, 3.63) is 79.9 Å². The Hall–Kier alpha value is -2.84. The normalized spacial score (nSPS) is 16.9. The van der Waals surface area contributed by atoms with Crippen molar-refractivity contribution in [2.75, 3.05) is 4.90 Å². The molecule has 8 heteroatoms. The summed E-state index contributed by atoms with van der Waals surface area (Å²) in [5.74, 6) is -2.15. The molecule has 1 unspecified atom stereocenters. The molecule has 28 heavy (non-hydrogen) atoms. The minimum absolute atomic E-state index is 0.0236. The van der Waals surface area contributed by atoms with E-state index in [0.29, 0.717) is 15.6 Å². The summed E-state index contributed by atoms with van der Waals surface area (Å²) < 4.78 is 13.5. The van der Waals surface area contributed by atoms with Crippen LogP contribution in [0.1, 0.15) is 31.8 Å². The van der Waals surface area contributed by atoms with E-state index in [2.05, 4.69) is 4.98 Å². The number of carbonyl (C=O) groups is 2. The summed E-state index contributed by atoms with van der Waals surface area (Å²) in [4.78, 5) is 33.1. The molecule has 5 nitrogen and oxygen atoms in total. The summed E-state index contributed by atoms with van der Waals surface area (Å²) in [5, 5.41) is 12.7. The van der Waals surface area contributed by atoms with Crippen LogP contribution >= 0.6 is 22.7 Å². The van der Waals surface area contributed by atoms with Crippen molar-refractivity contribution >= 4 is 39.5 Å². The van der Waals surface area contributed by atoms with Gasteiger partial charge in [0.15, 0.2) is 10.9 Å². The topological polar surface area (TPSA) is 70.5 Å². The van der Waals surface area contributed by atoms with E-state index in [-0.39, 0.29) is 5.57 Å². The number of aliphatic hydroxyl groups is 1. The highest BCUT2D eigenvalue weighted by molar-refractivity contribution is 7.16. The van der Waals surface area contributed by atoms with E-state index in [1.54, 1.807) is 17.5 Å². The van der Waals surface area contributed by atoms with Gasteiger partial charge in [0.2, 0.25) is 5.78 Å². The number of thiazole rings is 1. The van der Waals surface area contributed by atoms with Gasteiger partial charge in [-0.15, -0.1) is 22.7 Å². The van der Waals surface area contributed by atoms with Crippen LogP contribution in [0.25, 0.3) is 0 Å². The van der Waals surface area contributed by atoms with Gasteiger partial charge in [-0.25, -0.2) is 9.37 Å². The summed E-state index contributed by atoms with van der Waals surface area (Å²) in [6.07, 6.45) is 0. The fourth-order valence-corrected chi connectivity index (χ4v) is 4.71. The van der Waals surface area contributed by atoms with E-state index in [4.69, 9.17) is 0 Å². The van der Waals surface area contributed by atoms with Crippen molar-refractivity contribution < 1.29 is 19.1 Å². The summed E-state index contributed by atoms with van der Waals surface area (Å²) >= 11 is 2.53. The average molecular weight is 414 g/mol. The van der Waals surface area contributed by atoms with Gasteiger partial charge in [0.25, 0.3) is 5.91 Å². The van der Waals surface area contributed by atoms with Crippen LogP contribution in [-0.2, 0) is 4.79 Å². The number of rotatable bonds is 4. The Kier molecular flexibility index (Phi) is 4.60. The molecule has 1 aliphatic rings. The Morgan fingerprint density at radius 3 is 2.50 bits per heavy atom. The Morgan fingerprint density at radius 1 is 1.21 bits per heavy atom. The van der Waals surface area contributed by atoms with Crippen molar-refractivity contribution in [3.63, 3.8) is 0 Å². The maximum Gasteiger partial charge on any atom is 0.296 e. The molecule has 0 aliphatic carbocycles. The molecule has 0 saturated heterocycles. The molecule has 0 bridgehead atoms. The van der Waals surface area contributed by atoms with Crippen LogP contribution in [0, 0.1) is 19.7 Å². The fraction of sp³-hybridized carbons (Fsp3) is 0.150. The van der Waals surface area contributed by atoms with Crippen molar-refractivity contribution in [1.29, 1.82) is 0 Å². The number of benzene rings is 1. The van der Waals surface area contributed by atoms with E-state index in [1.807, 2.05) is 13.8 Å². The second-order valence-corrected chi connectivity index (χ2v) is 8.47. The molecule has 3 aromatic rings. The SMILES string of the molecule is Cc1nc(N2C(=O)C(O)=C(C(=O)c3cccs3)C2c2ccc(F)cc2)sc1C. The molecule has 0 fully saturated rings. The molecule has 1 amide bonds.